The lowest BCUT2D eigenvalue weighted by Crippen LogP contribution is -2.20. The number of rotatable bonds is 2. The van der Waals surface area contributed by atoms with Gasteiger partial charge < -0.3 is 10.6 Å². The third-order valence-electron chi connectivity index (χ3n) is 2.28. The second-order valence-electron chi connectivity index (χ2n) is 3.71. The molecule has 2 N–H and O–H groups in total. The first-order valence-electron chi connectivity index (χ1n) is 5.33. The Balaban J connectivity index is 2.03. The quantitative estimate of drug-likeness (QED) is 0.801. The first-order valence-corrected chi connectivity index (χ1v) is 6.50. The molecule has 0 radical (unpaired) electrons. The minimum atomic E-state index is -0.524. The van der Waals surface area contributed by atoms with Crippen LogP contribution in [0.3, 0.4) is 0 Å². The molecule has 3 nitrogen and oxygen atoms in total. The summed E-state index contributed by atoms with van der Waals surface area (Å²) < 4.78 is 14.1. The van der Waals surface area contributed by atoms with E-state index in [4.69, 9.17) is 11.6 Å². The molecule has 0 aromatic heterocycles. The van der Waals surface area contributed by atoms with Crippen molar-refractivity contribution in [3.8, 4) is 0 Å². The molecule has 2 rings (SSSR count). The number of hydrogen-bond acceptors (Lipinski definition) is 1. The summed E-state index contributed by atoms with van der Waals surface area (Å²) in [5.41, 5.74) is 0.675. The summed E-state index contributed by atoms with van der Waals surface area (Å²) in [6, 6.07) is 10.5. The highest BCUT2D eigenvalue weighted by molar-refractivity contribution is 9.10. The molecule has 0 atom stereocenters. The topological polar surface area (TPSA) is 41.1 Å². The van der Waals surface area contributed by atoms with E-state index in [9.17, 15) is 9.18 Å². The molecule has 98 valence electrons. The largest absolute Gasteiger partial charge is 0.323 e. The Hall–Kier alpha value is -1.59. The third-order valence-corrected chi connectivity index (χ3v) is 3.03. The van der Waals surface area contributed by atoms with Gasteiger partial charge in [0.25, 0.3) is 0 Å². The lowest BCUT2D eigenvalue weighted by atomic mass is 10.3. The van der Waals surface area contributed by atoms with Crippen LogP contribution in [0.15, 0.2) is 46.9 Å². The Morgan fingerprint density at radius 1 is 1.11 bits per heavy atom. The molecule has 0 aliphatic heterocycles. The highest BCUT2D eigenvalue weighted by Gasteiger charge is 2.07. The number of carbonyl (C=O) groups excluding carboxylic acids is 1. The van der Waals surface area contributed by atoms with Gasteiger partial charge in [-0.2, -0.15) is 0 Å². The molecule has 2 aromatic carbocycles. The number of urea groups is 1. The standard InChI is InChI=1S/C13H9BrClFN2O/c14-8-1-6-12(11(16)7-8)18-13(19)17-10-4-2-9(15)3-5-10/h1-7H,(H2,17,18,19). The van der Waals surface area contributed by atoms with E-state index in [1.165, 1.54) is 12.1 Å². The molecule has 0 heterocycles. The molecule has 0 bridgehead atoms. The summed E-state index contributed by atoms with van der Waals surface area (Å²) in [7, 11) is 0. The van der Waals surface area contributed by atoms with Crippen LogP contribution in [0.1, 0.15) is 0 Å². The zero-order chi connectivity index (χ0) is 13.8. The summed E-state index contributed by atoms with van der Waals surface area (Å²) >= 11 is 8.87. The maximum atomic E-state index is 13.5. The van der Waals surface area contributed by atoms with Gasteiger partial charge in [-0.25, -0.2) is 9.18 Å². The van der Waals surface area contributed by atoms with Crippen molar-refractivity contribution in [1.29, 1.82) is 0 Å². The fraction of sp³-hybridized carbons (Fsp3) is 0. The van der Waals surface area contributed by atoms with Crippen molar-refractivity contribution in [2.75, 3.05) is 10.6 Å². The second-order valence-corrected chi connectivity index (χ2v) is 5.06. The summed E-state index contributed by atoms with van der Waals surface area (Å²) in [4.78, 5) is 11.7. The summed E-state index contributed by atoms with van der Waals surface area (Å²) in [5, 5.41) is 5.57. The Labute approximate surface area is 122 Å². The van der Waals surface area contributed by atoms with E-state index >= 15 is 0 Å². The van der Waals surface area contributed by atoms with Crippen LogP contribution in [-0.2, 0) is 0 Å². The number of nitrogens with one attached hydrogen (secondary N) is 2. The lowest BCUT2D eigenvalue weighted by molar-refractivity contribution is 0.262. The van der Waals surface area contributed by atoms with Crippen molar-refractivity contribution < 1.29 is 9.18 Å². The number of anilines is 2. The number of benzene rings is 2. The maximum Gasteiger partial charge on any atom is 0.323 e. The second kappa shape index (κ2) is 6.04. The molecule has 0 fully saturated rings. The number of halogens is 3. The van der Waals surface area contributed by atoms with Gasteiger partial charge in [-0.3, -0.25) is 0 Å². The molecule has 2 aromatic rings. The Bertz CT molecular complexity index is 604. The lowest BCUT2D eigenvalue weighted by Gasteiger charge is -2.08. The van der Waals surface area contributed by atoms with Crippen molar-refractivity contribution in [1.82, 2.24) is 0 Å². The van der Waals surface area contributed by atoms with Gasteiger partial charge >= 0.3 is 6.03 Å². The van der Waals surface area contributed by atoms with Crippen LogP contribution in [0.25, 0.3) is 0 Å². The van der Waals surface area contributed by atoms with Crippen molar-refractivity contribution in [3.05, 3.63) is 57.8 Å². The predicted octanol–water partition coefficient (Wildman–Crippen LogP) is 4.89. The van der Waals surface area contributed by atoms with Crippen LogP contribution in [-0.4, -0.2) is 6.03 Å². The Kier molecular flexibility index (Phi) is 4.39. The van der Waals surface area contributed by atoms with Gasteiger partial charge in [-0.15, -0.1) is 0 Å². The molecule has 0 aliphatic carbocycles. The van der Waals surface area contributed by atoms with E-state index < -0.39 is 11.8 Å². The van der Waals surface area contributed by atoms with Crippen LogP contribution in [0, 0.1) is 5.82 Å². The van der Waals surface area contributed by atoms with E-state index in [2.05, 4.69) is 26.6 Å². The van der Waals surface area contributed by atoms with Gasteiger partial charge in [0.05, 0.1) is 5.69 Å². The van der Waals surface area contributed by atoms with Gasteiger partial charge in [-0.1, -0.05) is 27.5 Å². The average Bonchev–Trinajstić information content (AvgIpc) is 2.36. The van der Waals surface area contributed by atoms with Gasteiger partial charge in [0.1, 0.15) is 5.82 Å². The van der Waals surface area contributed by atoms with Crippen molar-refractivity contribution >= 4 is 44.9 Å². The molecular formula is C13H9BrClFN2O. The number of amides is 2. The zero-order valence-corrected chi connectivity index (χ0v) is 11.9. The minimum absolute atomic E-state index is 0.106. The Morgan fingerprint density at radius 2 is 1.79 bits per heavy atom. The molecule has 0 spiro atoms. The minimum Gasteiger partial charge on any atom is -0.308 e. The first-order chi connectivity index (χ1) is 9.04. The molecule has 0 saturated carbocycles. The van der Waals surface area contributed by atoms with Crippen LogP contribution >= 0.6 is 27.5 Å². The van der Waals surface area contributed by atoms with E-state index in [1.807, 2.05) is 0 Å². The summed E-state index contributed by atoms with van der Waals surface area (Å²) in [6.07, 6.45) is 0. The number of hydrogen-bond donors (Lipinski definition) is 2. The maximum absolute atomic E-state index is 13.5. The van der Waals surface area contributed by atoms with Crippen LogP contribution in [0.5, 0.6) is 0 Å². The Morgan fingerprint density at radius 3 is 2.42 bits per heavy atom. The van der Waals surface area contributed by atoms with E-state index in [0.717, 1.165) is 0 Å². The third kappa shape index (κ3) is 3.94. The first kappa shape index (κ1) is 13.8. The molecule has 0 saturated heterocycles. The molecule has 2 amide bonds. The van der Waals surface area contributed by atoms with E-state index in [-0.39, 0.29) is 5.69 Å². The van der Waals surface area contributed by atoms with E-state index in [1.54, 1.807) is 30.3 Å². The molecule has 0 aliphatic rings. The highest BCUT2D eigenvalue weighted by Crippen LogP contribution is 2.20. The van der Waals surface area contributed by atoms with Crippen LogP contribution in [0.2, 0.25) is 5.02 Å². The van der Waals surface area contributed by atoms with Crippen molar-refractivity contribution in [3.63, 3.8) is 0 Å². The van der Waals surface area contributed by atoms with Crippen LogP contribution in [0.4, 0.5) is 20.6 Å². The van der Waals surface area contributed by atoms with Crippen molar-refractivity contribution in [2.45, 2.75) is 0 Å². The highest BCUT2D eigenvalue weighted by atomic mass is 79.9. The van der Waals surface area contributed by atoms with Gasteiger partial charge in [-0.05, 0) is 42.5 Å². The summed E-state index contributed by atoms with van der Waals surface area (Å²) in [6.45, 7) is 0. The molecule has 19 heavy (non-hydrogen) atoms. The van der Waals surface area contributed by atoms with Crippen LogP contribution < -0.4 is 10.6 Å². The molecule has 0 unspecified atom stereocenters. The van der Waals surface area contributed by atoms with Crippen molar-refractivity contribution in [2.24, 2.45) is 0 Å². The van der Waals surface area contributed by atoms with Gasteiger partial charge in [0.15, 0.2) is 0 Å². The normalized spacial score (nSPS) is 10.1. The fourth-order valence-corrected chi connectivity index (χ4v) is 1.87. The average molecular weight is 344 g/mol. The molecule has 6 heteroatoms. The SMILES string of the molecule is O=C(Nc1ccc(Cl)cc1)Nc1ccc(Br)cc1F. The van der Waals surface area contributed by atoms with Gasteiger partial charge in [0, 0.05) is 15.2 Å². The monoisotopic (exact) mass is 342 g/mol. The molecular weight excluding hydrogens is 335 g/mol. The number of carbonyl (C=O) groups is 1. The predicted molar refractivity (Wildman–Crippen MR) is 78.2 cm³/mol. The fourth-order valence-electron chi connectivity index (χ4n) is 1.41. The summed E-state index contributed by atoms with van der Waals surface area (Å²) in [5.74, 6) is -0.513. The zero-order valence-electron chi connectivity index (χ0n) is 9.58. The van der Waals surface area contributed by atoms with E-state index in [0.29, 0.717) is 15.2 Å². The smallest absolute Gasteiger partial charge is 0.308 e. The van der Waals surface area contributed by atoms with Gasteiger partial charge in [0.2, 0.25) is 0 Å².